The summed E-state index contributed by atoms with van der Waals surface area (Å²) in [6.45, 7) is 2.78. The summed E-state index contributed by atoms with van der Waals surface area (Å²) < 4.78 is 0. The monoisotopic (exact) mass is 170 g/mol. The number of amides is 1. The molecule has 1 amide bonds. The lowest BCUT2D eigenvalue weighted by Crippen LogP contribution is -2.28. The molecule has 1 saturated heterocycles. The number of nitrogens with zero attached hydrogens (tertiary/aromatic N) is 1. The Labute approximate surface area is 71.7 Å². The summed E-state index contributed by atoms with van der Waals surface area (Å²) in [4.78, 5) is 23.3. The van der Waals surface area contributed by atoms with Crippen LogP contribution in [-0.4, -0.2) is 36.2 Å². The van der Waals surface area contributed by atoms with Gasteiger partial charge in [-0.3, -0.25) is 9.59 Å². The molecule has 4 heteroatoms. The molecule has 0 aromatic heterocycles. The molecule has 0 unspecified atom stereocenters. The number of nitrogens with two attached hydrogens (primary N) is 1. The van der Waals surface area contributed by atoms with E-state index in [2.05, 4.69) is 4.90 Å². The van der Waals surface area contributed by atoms with Gasteiger partial charge in [0.05, 0.1) is 0 Å². The Balaban J connectivity index is 2.16. The van der Waals surface area contributed by atoms with Crippen molar-refractivity contribution < 1.29 is 9.59 Å². The Hall–Kier alpha value is -0.900. The Kier molecular flexibility index (Phi) is 3.22. The summed E-state index contributed by atoms with van der Waals surface area (Å²) in [5.41, 5.74) is 4.81. The topological polar surface area (TPSA) is 63.4 Å². The van der Waals surface area contributed by atoms with E-state index in [9.17, 15) is 9.59 Å². The summed E-state index contributed by atoms with van der Waals surface area (Å²) >= 11 is 0. The zero-order chi connectivity index (χ0) is 8.97. The molecule has 4 nitrogen and oxygen atoms in total. The standard InChI is InChI=1S/C8H14N2O2/c9-8(12)7(11)3-6-10-4-1-2-5-10/h1-6H2,(H2,9,12). The van der Waals surface area contributed by atoms with Gasteiger partial charge in [0, 0.05) is 13.0 Å². The second-order valence-corrected chi connectivity index (χ2v) is 3.09. The van der Waals surface area contributed by atoms with E-state index in [1.54, 1.807) is 0 Å². The molecule has 1 heterocycles. The third kappa shape index (κ3) is 2.62. The average molecular weight is 170 g/mol. The molecule has 1 aliphatic rings. The molecule has 0 aliphatic carbocycles. The normalized spacial score (nSPS) is 18.0. The lowest BCUT2D eigenvalue weighted by Gasteiger charge is -2.12. The maximum Gasteiger partial charge on any atom is 0.284 e. The average Bonchev–Trinajstić information content (AvgIpc) is 2.51. The van der Waals surface area contributed by atoms with Crippen LogP contribution in [0.3, 0.4) is 0 Å². The molecule has 0 radical (unpaired) electrons. The van der Waals surface area contributed by atoms with E-state index in [0.717, 1.165) is 13.1 Å². The number of hydrogen-bond donors (Lipinski definition) is 1. The molecule has 68 valence electrons. The van der Waals surface area contributed by atoms with Crippen LogP contribution in [0.15, 0.2) is 0 Å². The number of Topliss-reactive ketones (excluding diaryl/α,β-unsaturated/α-hetero) is 1. The largest absolute Gasteiger partial charge is 0.363 e. The van der Waals surface area contributed by atoms with E-state index in [-0.39, 0.29) is 6.42 Å². The van der Waals surface area contributed by atoms with E-state index >= 15 is 0 Å². The van der Waals surface area contributed by atoms with Gasteiger partial charge in [0.25, 0.3) is 5.91 Å². The predicted octanol–water partition coefficient (Wildman–Crippen LogP) is -0.473. The van der Waals surface area contributed by atoms with E-state index < -0.39 is 11.7 Å². The third-order valence-corrected chi connectivity index (χ3v) is 2.13. The molecule has 12 heavy (non-hydrogen) atoms. The van der Waals surface area contributed by atoms with Gasteiger partial charge in [0.15, 0.2) is 0 Å². The number of hydrogen-bond acceptors (Lipinski definition) is 3. The van der Waals surface area contributed by atoms with Crippen molar-refractivity contribution in [2.45, 2.75) is 19.3 Å². The van der Waals surface area contributed by atoms with Gasteiger partial charge in [-0.25, -0.2) is 0 Å². The summed E-state index contributed by atoms with van der Waals surface area (Å²) in [5.74, 6) is -1.27. The number of carbonyl (C=O) groups is 2. The van der Waals surface area contributed by atoms with Crippen LogP contribution in [0, 0.1) is 0 Å². The molecule has 0 bridgehead atoms. The fourth-order valence-electron chi connectivity index (χ4n) is 1.39. The molecule has 1 rings (SSSR count). The summed E-state index contributed by atoms with van der Waals surface area (Å²) in [6.07, 6.45) is 2.67. The van der Waals surface area contributed by atoms with Crippen molar-refractivity contribution in [1.82, 2.24) is 4.90 Å². The molecular weight excluding hydrogens is 156 g/mol. The molecule has 0 atom stereocenters. The van der Waals surface area contributed by atoms with Gasteiger partial charge < -0.3 is 10.6 Å². The molecular formula is C8H14N2O2. The van der Waals surface area contributed by atoms with Gasteiger partial charge in [-0.2, -0.15) is 0 Å². The van der Waals surface area contributed by atoms with Crippen LogP contribution in [0.2, 0.25) is 0 Å². The van der Waals surface area contributed by atoms with Crippen molar-refractivity contribution in [2.24, 2.45) is 5.73 Å². The quantitative estimate of drug-likeness (QED) is 0.580. The minimum atomic E-state index is -0.811. The van der Waals surface area contributed by atoms with Gasteiger partial charge in [-0.05, 0) is 25.9 Å². The van der Waals surface area contributed by atoms with Crippen LogP contribution in [0.1, 0.15) is 19.3 Å². The molecule has 2 N–H and O–H groups in total. The number of likely N-dealkylation sites (tertiary alicyclic amines) is 1. The number of rotatable bonds is 4. The van der Waals surface area contributed by atoms with Crippen LogP contribution in [0.4, 0.5) is 0 Å². The maximum absolute atomic E-state index is 10.8. The first-order chi connectivity index (χ1) is 5.70. The van der Waals surface area contributed by atoms with Crippen molar-refractivity contribution in [2.75, 3.05) is 19.6 Å². The van der Waals surface area contributed by atoms with Gasteiger partial charge in [0.1, 0.15) is 0 Å². The highest BCUT2D eigenvalue weighted by Gasteiger charge is 2.14. The lowest BCUT2D eigenvalue weighted by molar-refractivity contribution is -0.136. The highest BCUT2D eigenvalue weighted by Crippen LogP contribution is 2.07. The molecule has 0 aromatic rings. The van der Waals surface area contributed by atoms with Gasteiger partial charge >= 0.3 is 0 Å². The van der Waals surface area contributed by atoms with Gasteiger partial charge in [-0.1, -0.05) is 0 Å². The van der Waals surface area contributed by atoms with Crippen LogP contribution < -0.4 is 5.73 Å². The summed E-state index contributed by atoms with van der Waals surface area (Å²) in [6, 6.07) is 0. The smallest absolute Gasteiger partial charge is 0.284 e. The number of ketones is 1. The van der Waals surface area contributed by atoms with Crippen LogP contribution in [-0.2, 0) is 9.59 Å². The minimum absolute atomic E-state index is 0.273. The highest BCUT2D eigenvalue weighted by atomic mass is 16.2. The molecule has 1 fully saturated rings. The molecule has 0 spiro atoms. The van der Waals surface area contributed by atoms with Crippen molar-refractivity contribution in [3.8, 4) is 0 Å². The van der Waals surface area contributed by atoms with Gasteiger partial charge in [-0.15, -0.1) is 0 Å². The zero-order valence-electron chi connectivity index (χ0n) is 7.08. The van der Waals surface area contributed by atoms with Gasteiger partial charge in [0.2, 0.25) is 5.78 Å². The Morgan fingerprint density at radius 1 is 1.25 bits per heavy atom. The van der Waals surface area contributed by atoms with Crippen molar-refractivity contribution in [1.29, 1.82) is 0 Å². The third-order valence-electron chi connectivity index (χ3n) is 2.13. The highest BCUT2D eigenvalue weighted by molar-refractivity contribution is 6.35. The van der Waals surface area contributed by atoms with E-state index in [0.29, 0.717) is 6.54 Å². The fourth-order valence-corrected chi connectivity index (χ4v) is 1.39. The van der Waals surface area contributed by atoms with E-state index in [1.807, 2.05) is 0 Å². The second kappa shape index (κ2) is 4.21. The summed E-state index contributed by atoms with van der Waals surface area (Å²) in [5, 5.41) is 0. The fraction of sp³-hybridized carbons (Fsp3) is 0.750. The van der Waals surface area contributed by atoms with E-state index in [1.165, 1.54) is 12.8 Å². The SMILES string of the molecule is NC(=O)C(=O)CCN1CCCC1. The van der Waals surface area contributed by atoms with E-state index in [4.69, 9.17) is 5.73 Å². The number of carbonyl (C=O) groups excluding carboxylic acids is 2. The van der Waals surface area contributed by atoms with Crippen LogP contribution in [0.25, 0.3) is 0 Å². The zero-order valence-corrected chi connectivity index (χ0v) is 7.08. The number of primary amides is 1. The molecule has 0 saturated carbocycles. The summed E-state index contributed by atoms with van der Waals surface area (Å²) in [7, 11) is 0. The minimum Gasteiger partial charge on any atom is -0.363 e. The van der Waals surface area contributed by atoms with Crippen LogP contribution >= 0.6 is 0 Å². The lowest BCUT2D eigenvalue weighted by atomic mass is 10.2. The van der Waals surface area contributed by atoms with Crippen molar-refractivity contribution in [3.63, 3.8) is 0 Å². The van der Waals surface area contributed by atoms with Crippen molar-refractivity contribution >= 4 is 11.7 Å². The Morgan fingerprint density at radius 2 is 1.83 bits per heavy atom. The Morgan fingerprint density at radius 3 is 2.33 bits per heavy atom. The first-order valence-electron chi connectivity index (χ1n) is 4.25. The maximum atomic E-state index is 10.8. The first kappa shape index (κ1) is 9.19. The predicted molar refractivity (Wildman–Crippen MR) is 44.5 cm³/mol. The van der Waals surface area contributed by atoms with Crippen molar-refractivity contribution in [3.05, 3.63) is 0 Å². The molecule has 1 aliphatic heterocycles. The van der Waals surface area contributed by atoms with Crippen LogP contribution in [0.5, 0.6) is 0 Å². The first-order valence-corrected chi connectivity index (χ1v) is 4.25. The second-order valence-electron chi connectivity index (χ2n) is 3.09. The Bertz CT molecular complexity index is 185. The molecule has 0 aromatic carbocycles.